The van der Waals surface area contributed by atoms with Crippen LogP contribution in [-0.2, 0) is 12.8 Å². The van der Waals surface area contributed by atoms with Gasteiger partial charge in [0.25, 0.3) is 0 Å². The van der Waals surface area contributed by atoms with Crippen LogP contribution in [0, 0.1) is 42.3 Å². The van der Waals surface area contributed by atoms with Gasteiger partial charge < -0.3 is 0 Å². The molecule has 0 fully saturated rings. The van der Waals surface area contributed by atoms with Gasteiger partial charge in [0.2, 0.25) is 0 Å². The van der Waals surface area contributed by atoms with Gasteiger partial charge in [-0.25, -0.2) is 9.36 Å². The molecular weight excluding hydrogens is 516 g/mol. The quantitative estimate of drug-likeness (QED) is 0.217. The van der Waals surface area contributed by atoms with Crippen molar-refractivity contribution in [1.82, 2.24) is 30.0 Å². The van der Waals surface area contributed by atoms with Gasteiger partial charge in [-0.3, -0.25) is 0 Å². The number of rotatable bonds is 8. The van der Waals surface area contributed by atoms with Crippen LogP contribution in [0.5, 0.6) is 0 Å². The average Bonchev–Trinajstić information content (AvgIpc) is 3.68. The zero-order valence-electron chi connectivity index (χ0n) is 23.3. The molecule has 7 rings (SSSR count). The second-order valence-electron chi connectivity index (χ2n) is 10.6. The minimum atomic E-state index is 0.756. The summed E-state index contributed by atoms with van der Waals surface area (Å²) in [6, 6.07) is 37.5. The third kappa shape index (κ3) is 4.57. The van der Waals surface area contributed by atoms with Crippen LogP contribution in [-0.4, -0.2) is 30.0 Å². The van der Waals surface area contributed by atoms with E-state index in [0.717, 1.165) is 79.3 Å². The summed E-state index contributed by atoms with van der Waals surface area (Å²) < 4.78 is 3.81. The molecule has 0 saturated carbocycles. The van der Waals surface area contributed by atoms with Crippen molar-refractivity contribution in [3.63, 3.8) is 0 Å². The molecular formula is C36H30N6. The molecule has 0 unspecified atom stereocenters. The van der Waals surface area contributed by atoms with Gasteiger partial charge in [-0.05, 0) is 36.8 Å². The van der Waals surface area contributed by atoms with E-state index in [1.807, 2.05) is 45.8 Å². The lowest BCUT2D eigenvalue weighted by Crippen LogP contribution is -2.03. The van der Waals surface area contributed by atoms with Crippen LogP contribution < -0.4 is 0 Å². The number of aryl methyl sites for hydroxylation is 2. The van der Waals surface area contributed by atoms with E-state index < -0.39 is 0 Å². The number of hydrogen-bond donors (Lipinski definition) is 0. The van der Waals surface area contributed by atoms with Crippen LogP contribution in [0.25, 0.3) is 11.4 Å². The Kier molecular flexibility index (Phi) is 6.64. The van der Waals surface area contributed by atoms with Crippen molar-refractivity contribution in [1.29, 1.82) is 0 Å². The SMILES string of the molecule is C=C(CCc1ccccc1)n1nnc2/c1=c1/cccc/c1=c1\nnn(C(=C)CCc3ccccc3)\c1=c1/cccc/c1=2. The highest BCUT2D eigenvalue weighted by Crippen LogP contribution is 2.18. The predicted molar refractivity (Wildman–Crippen MR) is 164 cm³/mol. The molecule has 2 aromatic heterocycles. The molecule has 0 bridgehead atoms. The van der Waals surface area contributed by atoms with Crippen molar-refractivity contribution in [2.24, 2.45) is 0 Å². The highest BCUT2D eigenvalue weighted by atomic mass is 15.4. The van der Waals surface area contributed by atoms with Crippen LogP contribution in [0.1, 0.15) is 24.0 Å². The van der Waals surface area contributed by atoms with Crippen LogP contribution in [0.15, 0.2) is 122 Å². The van der Waals surface area contributed by atoms with Gasteiger partial charge in [0, 0.05) is 32.3 Å². The summed E-state index contributed by atoms with van der Waals surface area (Å²) >= 11 is 0. The molecule has 6 nitrogen and oxygen atoms in total. The van der Waals surface area contributed by atoms with Gasteiger partial charge >= 0.3 is 0 Å². The number of fused-ring (bicyclic) bond motifs is 4. The van der Waals surface area contributed by atoms with Crippen molar-refractivity contribution in [3.05, 3.63) is 176 Å². The molecule has 0 saturated heterocycles. The molecule has 0 radical (unpaired) electrons. The monoisotopic (exact) mass is 546 g/mol. The van der Waals surface area contributed by atoms with Crippen molar-refractivity contribution < 1.29 is 0 Å². The minimum absolute atomic E-state index is 0.756. The van der Waals surface area contributed by atoms with Crippen molar-refractivity contribution >= 4 is 11.4 Å². The van der Waals surface area contributed by atoms with E-state index in [1.54, 1.807) is 0 Å². The molecule has 6 aromatic rings. The molecule has 1 aliphatic carbocycles. The van der Waals surface area contributed by atoms with E-state index in [4.69, 9.17) is 10.2 Å². The molecule has 42 heavy (non-hydrogen) atoms. The van der Waals surface area contributed by atoms with Crippen LogP contribution in [0.2, 0.25) is 0 Å². The molecule has 6 heteroatoms. The smallest absolute Gasteiger partial charge is 0.122 e. The Bertz CT molecular complexity index is 2170. The van der Waals surface area contributed by atoms with Gasteiger partial charge in [-0.15, -0.1) is 10.2 Å². The number of nitrogens with zero attached hydrogens (tertiary/aromatic N) is 6. The minimum Gasteiger partial charge on any atom is -0.217 e. The first kappa shape index (κ1) is 25.6. The molecule has 0 atom stereocenters. The highest BCUT2D eigenvalue weighted by Gasteiger charge is 2.13. The van der Waals surface area contributed by atoms with Gasteiger partial charge in [-0.1, -0.05) is 133 Å². The Hall–Kier alpha value is -5.36. The van der Waals surface area contributed by atoms with Gasteiger partial charge in [0.05, 0.1) is 0 Å². The molecule has 0 spiro atoms. The Balaban J connectivity index is 1.49. The van der Waals surface area contributed by atoms with Crippen LogP contribution >= 0.6 is 0 Å². The van der Waals surface area contributed by atoms with E-state index in [-0.39, 0.29) is 0 Å². The summed E-state index contributed by atoms with van der Waals surface area (Å²) in [6.07, 6.45) is 3.25. The van der Waals surface area contributed by atoms with Gasteiger partial charge in [0.1, 0.15) is 21.4 Å². The predicted octanol–water partition coefficient (Wildman–Crippen LogP) is 6.54. The van der Waals surface area contributed by atoms with Crippen molar-refractivity contribution in [2.45, 2.75) is 25.7 Å². The largest absolute Gasteiger partial charge is 0.217 e. The number of allylic oxidation sites excluding steroid dienone is 2. The fraction of sp³-hybridized carbons (Fsp3) is 0.111. The lowest BCUT2D eigenvalue weighted by atomic mass is 10.1. The summed E-state index contributed by atoms with van der Waals surface area (Å²) in [4.78, 5) is 0. The first-order chi connectivity index (χ1) is 20.7. The normalized spacial score (nSPS) is 14.9. The Morgan fingerprint density at radius 2 is 0.833 bits per heavy atom. The third-order valence-corrected chi connectivity index (χ3v) is 7.90. The van der Waals surface area contributed by atoms with Gasteiger partial charge in [0.15, 0.2) is 0 Å². The number of hydrogen-bond acceptors (Lipinski definition) is 4. The fourth-order valence-electron chi connectivity index (χ4n) is 5.72. The second kappa shape index (κ2) is 10.9. The molecule has 0 amide bonds. The number of benzene rings is 4. The van der Waals surface area contributed by atoms with E-state index in [9.17, 15) is 0 Å². The van der Waals surface area contributed by atoms with Crippen molar-refractivity contribution in [2.75, 3.05) is 0 Å². The van der Waals surface area contributed by atoms with Crippen LogP contribution in [0.4, 0.5) is 0 Å². The Morgan fingerprint density at radius 1 is 0.476 bits per heavy atom. The summed E-state index contributed by atoms with van der Waals surface area (Å²) in [5.74, 6) is 0. The fourth-order valence-corrected chi connectivity index (χ4v) is 5.72. The molecule has 0 N–H and O–H groups in total. The second-order valence-corrected chi connectivity index (χ2v) is 10.6. The maximum absolute atomic E-state index is 4.76. The van der Waals surface area contributed by atoms with E-state index in [2.05, 4.69) is 96.4 Å². The summed E-state index contributed by atoms with van der Waals surface area (Å²) in [5.41, 5.74) is 4.31. The molecule has 2 heterocycles. The number of aromatic nitrogens is 6. The molecule has 0 aliphatic heterocycles. The standard InChI is InChI=1S/C36H30N6/c1-25(21-23-27-13-5-3-6-14-27)41-35-31-19-11-9-17-29(31)34-36(32-20-12-10-18-30(32)33(35)37-39-41)42(40-38-34)26(2)22-24-28-15-7-4-8-16-28/h3-20H,1-2,21-24H2/b33-30+,34-29+,35-31+,36-32+. The first-order valence-corrected chi connectivity index (χ1v) is 14.2. The van der Waals surface area contributed by atoms with Crippen molar-refractivity contribution in [3.8, 4) is 0 Å². The van der Waals surface area contributed by atoms with E-state index >= 15 is 0 Å². The average molecular weight is 547 g/mol. The first-order valence-electron chi connectivity index (χ1n) is 14.2. The molecule has 4 aromatic carbocycles. The summed E-state index contributed by atoms with van der Waals surface area (Å²) in [6.45, 7) is 8.87. The van der Waals surface area contributed by atoms with E-state index in [0.29, 0.717) is 0 Å². The lowest BCUT2D eigenvalue weighted by molar-refractivity contribution is 0.767. The Labute approximate surface area is 242 Å². The topological polar surface area (TPSA) is 61.4 Å². The Morgan fingerprint density at radius 3 is 1.24 bits per heavy atom. The summed E-state index contributed by atoms with van der Waals surface area (Å²) in [7, 11) is 0. The van der Waals surface area contributed by atoms with E-state index in [1.165, 1.54) is 11.1 Å². The third-order valence-electron chi connectivity index (χ3n) is 7.90. The maximum Gasteiger partial charge on any atom is 0.122 e. The van der Waals surface area contributed by atoms with Gasteiger partial charge in [-0.2, -0.15) is 0 Å². The lowest BCUT2D eigenvalue weighted by Gasteiger charge is -2.07. The highest BCUT2D eigenvalue weighted by molar-refractivity contribution is 5.43. The van der Waals surface area contributed by atoms with Crippen LogP contribution in [0.3, 0.4) is 0 Å². The maximum atomic E-state index is 4.76. The zero-order valence-corrected chi connectivity index (χ0v) is 23.3. The molecule has 1 aliphatic rings. The zero-order chi connectivity index (χ0) is 28.5. The molecule has 204 valence electrons. The summed E-state index contributed by atoms with van der Waals surface area (Å²) in [5, 5.41) is 26.3.